The molecular formula is C14H22ClN3. The van der Waals surface area contributed by atoms with Crippen molar-refractivity contribution in [2.75, 3.05) is 18.0 Å². The highest BCUT2D eigenvalue weighted by atomic mass is 35.5. The predicted molar refractivity (Wildman–Crippen MR) is 76.4 cm³/mol. The molecule has 0 bridgehead atoms. The molecule has 0 atom stereocenters. The van der Waals surface area contributed by atoms with E-state index in [0.29, 0.717) is 16.5 Å². The maximum atomic E-state index is 6.24. The Morgan fingerprint density at radius 3 is 2.67 bits per heavy atom. The lowest BCUT2D eigenvalue weighted by molar-refractivity contribution is 0.291. The van der Waals surface area contributed by atoms with Gasteiger partial charge in [0.1, 0.15) is 17.3 Å². The molecule has 1 saturated heterocycles. The first-order chi connectivity index (χ1) is 8.41. The normalized spacial score (nSPS) is 19.3. The van der Waals surface area contributed by atoms with Crippen LogP contribution in [0.5, 0.6) is 0 Å². The van der Waals surface area contributed by atoms with Crippen molar-refractivity contribution in [2.45, 2.75) is 46.5 Å². The smallest absolute Gasteiger partial charge is 0.138 e. The third kappa shape index (κ3) is 2.77. The fraction of sp³-hybridized carbons (Fsp3) is 0.714. The first-order valence-corrected chi connectivity index (χ1v) is 7.04. The number of anilines is 1. The lowest BCUT2D eigenvalue weighted by Crippen LogP contribution is -2.41. The highest BCUT2D eigenvalue weighted by Crippen LogP contribution is 2.35. The van der Waals surface area contributed by atoms with Crippen LogP contribution in [0, 0.1) is 5.41 Å². The molecule has 0 unspecified atom stereocenters. The van der Waals surface area contributed by atoms with Crippen LogP contribution < -0.4 is 4.90 Å². The van der Waals surface area contributed by atoms with Crippen molar-refractivity contribution in [3.63, 3.8) is 0 Å². The van der Waals surface area contributed by atoms with Gasteiger partial charge in [0.05, 0.1) is 0 Å². The zero-order valence-electron chi connectivity index (χ0n) is 11.7. The second-order valence-electron chi connectivity index (χ2n) is 6.25. The van der Waals surface area contributed by atoms with Gasteiger partial charge in [-0.3, -0.25) is 0 Å². The second kappa shape index (κ2) is 5.04. The van der Waals surface area contributed by atoms with Gasteiger partial charge in [-0.1, -0.05) is 39.3 Å². The monoisotopic (exact) mass is 267 g/mol. The molecule has 4 heteroatoms. The standard InChI is InChI=1S/C14H22ClN3/c1-10(2)11-12(15)16-9-17-13(11)18-7-5-6-14(3,4)8-18/h9-10H,5-8H2,1-4H3. The zero-order valence-corrected chi connectivity index (χ0v) is 12.5. The highest BCUT2D eigenvalue weighted by molar-refractivity contribution is 6.30. The largest absolute Gasteiger partial charge is 0.356 e. The number of hydrogen-bond donors (Lipinski definition) is 0. The third-order valence-electron chi connectivity index (χ3n) is 3.59. The summed E-state index contributed by atoms with van der Waals surface area (Å²) in [6.45, 7) is 11.0. The summed E-state index contributed by atoms with van der Waals surface area (Å²) in [6, 6.07) is 0. The van der Waals surface area contributed by atoms with Gasteiger partial charge < -0.3 is 4.90 Å². The summed E-state index contributed by atoms with van der Waals surface area (Å²) in [4.78, 5) is 11.0. The van der Waals surface area contributed by atoms with Gasteiger partial charge >= 0.3 is 0 Å². The summed E-state index contributed by atoms with van der Waals surface area (Å²) in [5.74, 6) is 1.37. The average molecular weight is 268 g/mol. The van der Waals surface area contributed by atoms with Crippen molar-refractivity contribution in [3.05, 3.63) is 17.0 Å². The van der Waals surface area contributed by atoms with Gasteiger partial charge in [0.2, 0.25) is 0 Å². The van der Waals surface area contributed by atoms with E-state index < -0.39 is 0 Å². The van der Waals surface area contributed by atoms with Gasteiger partial charge in [0, 0.05) is 18.7 Å². The maximum absolute atomic E-state index is 6.24. The molecule has 0 amide bonds. The molecule has 1 aliphatic rings. The van der Waals surface area contributed by atoms with Crippen molar-refractivity contribution in [1.29, 1.82) is 0 Å². The lowest BCUT2D eigenvalue weighted by atomic mass is 9.84. The molecule has 0 aromatic carbocycles. The predicted octanol–water partition coefficient (Wildman–Crippen LogP) is 3.88. The summed E-state index contributed by atoms with van der Waals surface area (Å²) in [5, 5.41) is 0.596. The molecule has 100 valence electrons. The van der Waals surface area contributed by atoms with Crippen LogP contribution in [0.25, 0.3) is 0 Å². The number of nitrogens with zero attached hydrogens (tertiary/aromatic N) is 3. The van der Waals surface area contributed by atoms with Crippen LogP contribution >= 0.6 is 11.6 Å². The Kier molecular flexibility index (Phi) is 3.81. The Labute approximate surface area is 115 Å². The molecule has 2 rings (SSSR count). The lowest BCUT2D eigenvalue weighted by Gasteiger charge is -2.39. The molecule has 0 aliphatic carbocycles. The van der Waals surface area contributed by atoms with Gasteiger partial charge in [-0.15, -0.1) is 0 Å². The fourth-order valence-electron chi connectivity index (χ4n) is 2.72. The third-order valence-corrected chi connectivity index (χ3v) is 3.89. The van der Waals surface area contributed by atoms with Gasteiger partial charge in [0.15, 0.2) is 0 Å². The van der Waals surface area contributed by atoms with Crippen molar-refractivity contribution >= 4 is 17.4 Å². The van der Waals surface area contributed by atoms with Crippen LogP contribution in [0.3, 0.4) is 0 Å². The Bertz CT molecular complexity index is 429. The van der Waals surface area contributed by atoms with E-state index in [0.717, 1.165) is 24.5 Å². The minimum Gasteiger partial charge on any atom is -0.356 e. The zero-order chi connectivity index (χ0) is 13.3. The molecule has 1 fully saturated rings. The van der Waals surface area contributed by atoms with Gasteiger partial charge in [-0.05, 0) is 24.2 Å². The first kappa shape index (κ1) is 13.6. The Morgan fingerprint density at radius 1 is 1.33 bits per heavy atom. The Morgan fingerprint density at radius 2 is 2.06 bits per heavy atom. The molecule has 1 aromatic heterocycles. The van der Waals surface area contributed by atoms with E-state index in [1.54, 1.807) is 6.33 Å². The molecule has 0 N–H and O–H groups in total. The van der Waals surface area contributed by atoms with E-state index in [1.165, 1.54) is 12.8 Å². The van der Waals surface area contributed by atoms with E-state index in [9.17, 15) is 0 Å². The molecule has 1 aliphatic heterocycles. The van der Waals surface area contributed by atoms with Crippen LogP contribution in [-0.4, -0.2) is 23.1 Å². The molecule has 3 nitrogen and oxygen atoms in total. The summed E-state index contributed by atoms with van der Waals surface area (Å²) < 4.78 is 0. The van der Waals surface area contributed by atoms with Crippen molar-refractivity contribution < 1.29 is 0 Å². The van der Waals surface area contributed by atoms with Crippen LogP contribution in [0.1, 0.15) is 52.0 Å². The average Bonchev–Trinajstić information content (AvgIpc) is 2.26. The molecule has 1 aromatic rings. The number of hydrogen-bond acceptors (Lipinski definition) is 3. The Balaban J connectivity index is 2.36. The van der Waals surface area contributed by atoms with E-state index in [4.69, 9.17) is 11.6 Å². The summed E-state index contributed by atoms with van der Waals surface area (Å²) >= 11 is 6.24. The van der Waals surface area contributed by atoms with Crippen LogP contribution in [0.4, 0.5) is 5.82 Å². The summed E-state index contributed by atoms with van der Waals surface area (Å²) in [5.41, 5.74) is 1.43. The molecule has 2 heterocycles. The molecular weight excluding hydrogens is 246 g/mol. The van der Waals surface area contributed by atoms with Gasteiger partial charge in [-0.25, -0.2) is 9.97 Å². The second-order valence-corrected chi connectivity index (χ2v) is 6.60. The minimum atomic E-state index is 0.346. The van der Waals surface area contributed by atoms with Crippen LogP contribution in [0.15, 0.2) is 6.33 Å². The van der Waals surface area contributed by atoms with Crippen LogP contribution in [0.2, 0.25) is 5.15 Å². The van der Waals surface area contributed by atoms with Crippen molar-refractivity contribution in [2.24, 2.45) is 5.41 Å². The number of halogens is 1. The van der Waals surface area contributed by atoms with E-state index in [1.807, 2.05) is 0 Å². The molecule has 0 spiro atoms. The van der Waals surface area contributed by atoms with Crippen molar-refractivity contribution in [1.82, 2.24) is 9.97 Å². The van der Waals surface area contributed by atoms with Crippen molar-refractivity contribution in [3.8, 4) is 0 Å². The fourth-order valence-corrected chi connectivity index (χ4v) is 3.06. The quantitative estimate of drug-likeness (QED) is 0.762. The Hall–Kier alpha value is -0.830. The first-order valence-electron chi connectivity index (χ1n) is 6.66. The highest BCUT2D eigenvalue weighted by Gasteiger charge is 2.29. The van der Waals surface area contributed by atoms with Gasteiger partial charge in [-0.2, -0.15) is 0 Å². The van der Waals surface area contributed by atoms with E-state index in [2.05, 4.69) is 42.6 Å². The molecule has 18 heavy (non-hydrogen) atoms. The van der Waals surface area contributed by atoms with E-state index >= 15 is 0 Å². The number of aromatic nitrogens is 2. The SMILES string of the molecule is CC(C)c1c(Cl)ncnc1N1CCCC(C)(C)C1. The molecule has 0 saturated carbocycles. The topological polar surface area (TPSA) is 29.0 Å². The molecule has 0 radical (unpaired) electrons. The van der Waals surface area contributed by atoms with Crippen LogP contribution in [-0.2, 0) is 0 Å². The summed E-state index contributed by atoms with van der Waals surface area (Å²) in [6.07, 6.45) is 4.07. The number of piperidine rings is 1. The van der Waals surface area contributed by atoms with Gasteiger partial charge in [0.25, 0.3) is 0 Å². The number of rotatable bonds is 2. The minimum absolute atomic E-state index is 0.346. The maximum Gasteiger partial charge on any atom is 0.138 e. The summed E-state index contributed by atoms with van der Waals surface area (Å²) in [7, 11) is 0. The van der Waals surface area contributed by atoms with E-state index in [-0.39, 0.29) is 0 Å².